The van der Waals surface area contributed by atoms with Crippen LogP contribution in [0.2, 0.25) is 0 Å². The predicted molar refractivity (Wildman–Crippen MR) is 65.7 cm³/mol. The number of thioether (sulfide) groups is 1. The second kappa shape index (κ2) is 6.99. The minimum atomic E-state index is -5.31. The maximum absolute atomic E-state index is 12.5. The Morgan fingerprint density at radius 1 is 1.26 bits per heavy atom. The van der Waals surface area contributed by atoms with Gasteiger partial charge < -0.3 is 9.47 Å². The van der Waals surface area contributed by atoms with Crippen molar-refractivity contribution in [1.29, 1.82) is 5.26 Å². The van der Waals surface area contributed by atoms with E-state index in [9.17, 15) is 31.1 Å². The molecule has 0 N–H and O–H groups in total. The molecule has 0 spiro atoms. The van der Waals surface area contributed by atoms with Crippen LogP contribution in [0.5, 0.6) is 5.75 Å². The van der Waals surface area contributed by atoms with E-state index in [1.54, 1.807) is 0 Å². The molecule has 11 heteroatoms. The van der Waals surface area contributed by atoms with Gasteiger partial charge in [0.25, 0.3) is 0 Å². The summed E-state index contributed by atoms with van der Waals surface area (Å²) in [6.07, 6.45) is -5.31. The molecule has 0 radical (unpaired) electrons. The Labute approximate surface area is 130 Å². The minimum absolute atomic E-state index is 0.108. The lowest BCUT2D eigenvalue weighted by Crippen LogP contribution is -2.19. The lowest BCUT2D eigenvalue weighted by Gasteiger charge is -2.16. The third kappa shape index (κ3) is 5.90. The number of carbonyl (C=O) groups excluding carboxylic acids is 1. The van der Waals surface area contributed by atoms with Gasteiger partial charge in [-0.25, -0.2) is 4.79 Å². The normalized spacial score (nSPS) is 11.7. The maximum Gasteiger partial charge on any atom is 0.573 e. The van der Waals surface area contributed by atoms with Crippen LogP contribution in [0.15, 0.2) is 17.0 Å². The van der Waals surface area contributed by atoms with E-state index < -0.39 is 51.4 Å². The smallest absolute Gasteiger partial charge is 0.462 e. The Balaban J connectivity index is 3.47. The van der Waals surface area contributed by atoms with Gasteiger partial charge in [0.15, 0.2) is 5.75 Å². The largest absolute Gasteiger partial charge is 0.573 e. The number of halogens is 6. The van der Waals surface area contributed by atoms with E-state index >= 15 is 0 Å². The number of hydrogen-bond donors (Lipinski definition) is 0. The molecular weight excluding hydrogens is 352 g/mol. The summed E-state index contributed by atoms with van der Waals surface area (Å²) < 4.78 is 82.6. The lowest BCUT2D eigenvalue weighted by atomic mass is 10.1. The molecule has 0 aliphatic rings. The van der Waals surface area contributed by atoms with Gasteiger partial charge >= 0.3 is 17.8 Å². The molecule has 1 aromatic rings. The van der Waals surface area contributed by atoms with Crippen molar-refractivity contribution in [2.45, 2.75) is 23.7 Å². The minimum Gasteiger partial charge on any atom is -0.462 e. The van der Waals surface area contributed by atoms with E-state index in [2.05, 4.69) is 9.47 Å². The summed E-state index contributed by atoms with van der Waals surface area (Å²) in [6, 6.07) is 2.46. The van der Waals surface area contributed by atoms with Crippen molar-refractivity contribution in [2.24, 2.45) is 0 Å². The molecule has 0 aromatic heterocycles. The quantitative estimate of drug-likeness (QED) is 0.457. The van der Waals surface area contributed by atoms with Crippen LogP contribution in [-0.2, 0) is 4.74 Å². The van der Waals surface area contributed by atoms with E-state index in [-0.39, 0.29) is 6.61 Å². The molecule has 0 heterocycles. The van der Waals surface area contributed by atoms with Crippen LogP contribution in [0.3, 0.4) is 0 Å². The van der Waals surface area contributed by atoms with Gasteiger partial charge in [0.05, 0.1) is 22.6 Å². The van der Waals surface area contributed by atoms with E-state index in [0.29, 0.717) is 12.1 Å². The van der Waals surface area contributed by atoms with Gasteiger partial charge in [0.2, 0.25) is 0 Å². The fraction of sp³-hybridized carbons (Fsp3) is 0.333. The number of esters is 1. The number of hydrogen-bond acceptors (Lipinski definition) is 5. The van der Waals surface area contributed by atoms with Crippen LogP contribution in [0, 0.1) is 11.3 Å². The number of rotatable bonds is 4. The summed E-state index contributed by atoms with van der Waals surface area (Å²) in [5, 5.41) is 8.83. The highest BCUT2D eigenvalue weighted by atomic mass is 32.2. The first-order valence-corrected chi connectivity index (χ1v) is 6.55. The van der Waals surface area contributed by atoms with Crippen LogP contribution in [0.1, 0.15) is 22.8 Å². The number of ether oxygens (including phenoxy) is 2. The average molecular weight is 359 g/mol. The molecule has 0 saturated heterocycles. The molecule has 0 aliphatic carbocycles. The zero-order valence-electron chi connectivity index (χ0n) is 11.2. The molecule has 0 amide bonds. The van der Waals surface area contributed by atoms with E-state index in [4.69, 9.17) is 5.26 Å². The first-order valence-electron chi connectivity index (χ1n) is 5.73. The number of benzene rings is 1. The third-order valence-electron chi connectivity index (χ3n) is 2.13. The number of nitrogens with zero attached hydrogens (tertiary/aromatic N) is 1. The topological polar surface area (TPSA) is 59.3 Å². The van der Waals surface area contributed by atoms with Crippen LogP contribution < -0.4 is 4.74 Å². The number of carbonyl (C=O) groups is 1. The van der Waals surface area contributed by atoms with E-state index in [1.807, 2.05) is 0 Å². The van der Waals surface area contributed by atoms with Crippen molar-refractivity contribution >= 4 is 17.7 Å². The second-order valence-electron chi connectivity index (χ2n) is 3.78. The Morgan fingerprint density at radius 2 is 1.87 bits per heavy atom. The molecule has 1 rings (SSSR count). The molecule has 126 valence electrons. The predicted octanol–water partition coefficient (Wildman–Crippen LogP) is 4.25. The van der Waals surface area contributed by atoms with Gasteiger partial charge in [-0.3, -0.25) is 0 Å². The molecule has 0 aliphatic heterocycles. The summed E-state index contributed by atoms with van der Waals surface area (Å²) in [5.41, 5.74) is -6.33. The van der Waals surface area contributed by atoms with Crippen LogP contribution in [-0.4, -0.2) is 24.4 Å². The van der Waals surface area contributed by atoms with Gasteiger partial charge in [-0.15, -0.1) is 13.2 Å². The summed E-state index contributed by atoms with van der Waals surface area (Å²) in [5.74, 6) is -2.40. The number of nitriles is 1. The van der Waals surface area contributed by atoms with Gasteiger partial charge in [-0.05, 0) is 30.8 Å². The highest BCUT2D eigenvalue weighted by molar-refractivity contribution is 8.00. The zero-order chi connectivity index (χ0) is 17.8. The fourth-order valence-corrected chi connectivity index (χ4v) is 2.12. The highest BCUT2D eigenvalue weighted by Gasteiger charge is 2.37. The summed E-state index contributed by atoms with van der Waals surface area (Å²) in [4.78, 5) is 10.5. The van der Waals surface area contributed by atoms with Gasteiger partial charge in [-0.1, -0.05) is 0 Å². The van der Waals surface area contributed by atoms with Crippen molar-refractivity contribution < 1.29 is 40.6 Å². The molecule has 0 unspecified atom stereocenters. The standard InChI is InChI=1S/C12H7F6NO3S/c1-2-21-10(20)6-3-7(5-19)9(22-11(13,14)15)8(4-6)23-12(16,17)18/h3-4H,2H2,1H3. The Bertz CT molecular complexity index is 635. The SMILES string of the molecule is CCOC(=O)c1cc(C#N)c(OC(F)(F)F)c(SC(F)(F)F)c1. The lowest BCUT2D eigenvalue weighted by molar-refractivity contribution is -0.275. The molecule has 0 fully saturated rings. The van der Waals surface area contributed by atoms with Crippen LogP contribution in [0.25, 0.3) is 0 Å². The van der Waals surface area contributed by atoms with Crippen molar-refractivity contribution in [3.63, 3.8) is 0 Å². The third-order valence-corrected chi connectivity index (χ3v) is 2.88. The van der Waals surface area contributed by atoms with Crippen molar-refractivity contribution in [2.75, 3.05) is 6.61 Å². The Kier molecular flexibility index (Phi) is 5.76. The molecule has 1 aromatic carbocycles. The summed E-state index contributed by atoms with van der Waals surface area (Å²) >= 11 is -0.937. The van der Waals surface area contributed by atoms with E-state index in [0.717, 1.165) is 0 Å². The van der Waals surface area contributed by atoms with Crippen molar-refractivity contribution in [3.05, 3.63) is 23.3 Å². The average Bonchev–Trinajstić information content (AvgIpc) is 2.37. The first-order chi connectivity index (χ1) is 10.5. The van der Waals surface area contributed by atoms with Crippen LogP contribution in [0.4, 0.5) is 26.3 Å². The molecular formula is C12H7F6NO3S. The van der Waals surface area contributed by atoms with Gasteiger partial charge in [0, 0.05) is 0 Å². The summed E-state index contributed by atoms with van der Waals surface area (Å²) in [6.45, 7) is 1.32. The van der Waals surface area contributed by atoms with E-state index in [1.165, 1.54) is 13.0 Å². The van der Waals surface area contributed by atoms with Gasteiger partial charge in [0.1, 0.15) is 6.07 Å². The van der Waals surface area contributed by atoms with Crippen molar-refractivity contribution in [1.82, 2.24) is 0 Å². The van der Waals surface area contributed by atoms with Crippen LogP contribution >= 0.6 is 11.8 Å². The monoisotopic (exact) mass is 359 g/mol. The fourth-order valence-electron chi connectivity index (χ4n) is 1.44. The second-order valence-corrected chi connectivity index (χ2v) is 4.89. The van der Waals surface area contributed by atoms with Gasteiger partial charge in [-0.2, -0.15) is 18.4 Å². The molecule has 0 saturated carbocycles. The maximum atomic E-state index is 12.5. The first kappa shape index (κ1) is 19.0. The number of alkyl halides is 6. The summed E-state index contributed by atoms with van der Waals surface area (Å²) in [7, 11) is 0. The molecule has 23 heavy (non-hydrogen) atoms. The Hall–Kier alpha value is -2.09. The Morgan fingerprint density at radius 3 is 2.30 bits per heavy atom. The molecule has 4 nitrogen and oxygen atoms in total. The molecule has 0 atom stereocenters. The molecule has 0 bridgehead atoms. The van der Waals surface area contributed by atoms with Crippen molar-refractivity contribution in [3.8, 4) is 11.8 Å². The zero-order valence-corrected chi connectivity index (χ0v) is 12.0. The highest BCUT2D eigenvalue weighted by Crippen LogP contribution is 2.44.